The Hall–Kier alpha value is -0.650. The molecule has 0 aliphatic carbocycles. The Kier molecular flexibility index (Phi) is 4.91. The summed E-state index contributed by atoms with van der Waals surface area (Å²) in [6.07, 6.45) is 0. The quantitative estimate of drug-likeness (QED) is 0.841. The van der Waals surface area contributed by atoms with Crippen LogP contribution in [0.4, 0.5) is 4.39 Å². The van der Waals surface area contributed by atoms with Crippen LogP contribution in [0, 0.1) is 11.7 Å². The maximum Gasteiger partial charge on any atom is 0.243 e. The van der Waals surface area contributed by atoms with Crippen molar-refractivity contribution in [1.82, 2.24) is 4.72 Å². The summed E-state index contributed by atoms with van der Waals surface area (Å²) >= 11 is 5.64. The van der Waals surface area contributed by atoms with Crippen molar-refractivity contribution in [1.29, 1.82) is 0 Å². The van der Waals surface area contributed by atoms with Crippen LogP contribution in [0.5, 0.6) is 0 Å². The van der Waals surface area contributed by atoms with E-state index in [1.165, 1.54) is 18.2 Å². The van der Waals surface area contributed by atoms with E-state index in [0.717, 1.165) is 6.07 Å². The topological polar surface area (TPSA) is 46.2 Å². The molecular formula is C11H15ClFNO2S. The molecule has 96 valence electrons. The fourth-order valence-electron chi connectivity index (χ4n) is 1.22. The minimum atomic E-state index is -3.83. The molecule has 0 bridgehead atoms. The van der Waals surface area contributed by atoms with E-state index in [-0.39, 0.29) is 16.9 Å². The number of halogens is 2. The van der Waals surface area contributed by atoms with E-state index in [0.29, 0.717) is 5.88 Å². The molecule has 1 aromatic carbocycles. The molecule has 1 N–H and O–H groups in total. The maximum atomic E-state index is 13.4. The summed E-state index contributed by atoms with van der Waals surface area (Å²) in [6.45, 7) is 3.52. The summed E-state index contributed by atoms with van der Waals surface area (Å²) in [5.41, 5.74) is 0. The van der Waals surface area contributed by atoms with Gasteiger partial charge in [-0.2, -0.15) is 0 Å². The van der Waals surface area contributed by atoms with Gasteiger partial charge in [-0.25, -0.2) is 17.5 Å². The highest BCUT2D eigenvalue weighted by Gasteiger charge is 2.23. The lowest BCUT2D eigenvalue weighted by Crippen LogP contribution is -2.38. The Morgan fingerprint density at radius 3 is 2.47 bits per heavy atom. The van der Waals surface area contributed by atoms with E-state index in [4.69, 9.17) is 11.6 Å². The second kappa shape index (κ2) is 5.80. The lowest BCUT2D eigenvalue weighted by Gasteiger charge is -2.19. The number of benzene rings is 1. The van der Waals surface area contributed by atoms with Crippen LogP contribution in [0.2, 0.25) is 0 Å². The van der Waals surface area contributed by atoms with Crippen LogP contribution in [0.25, 0.3) is 0 Å². The minimum Gasteiger partial charge on any atom is -0.208 e. The van der Waals surface area contributed by atoms with Crippen LogP contribution in [0.1, 0.15) is 13.8 Å². The highest BCUT2D eigenvalue weighted by Crippen LogP contribution is 2.15. The van der Waals surface area contributed by atoms with Crippen molar-refractivity contribution in [3.8, 4) is 0 Å². The van der Waals surface area contributed by atoms with Gasteiger partial charge < -0.3 is 0 Å². The molecule has 2 atom stereocenters. The highest BCUT2D eigenvalue weighted by molar-refractivity contribution is 7.89. The van der Waals surface area contributed by atoms with E-state index in [1.54, 1.807) is 6.92 Å². The third-order valence-corrected chi connectivity index (χ3v) is 4.64. The van der Waals surface area contributed by atoms with Crippen LogP contribution in [-0.4, -0.2) is 20.3 Å². The molecule has 3 nitrogen and oxygen atoms in total. The van der Waals surface area contributed by atoms with Crippen molar-refractivity contribution >= 4 is 21.6 Å². The molecule has 0 saturated heterocycles. The Bertz CT molecular complexity index is 478. The molecule has 0 saturated carbocycles. The number of sulfonamides is 1. The molecule has 0 heterocycles. The first kappa shape index (κ1) is 14.4. The molecule has 6 heteroatoms. The first-order chi connectivity index (χ1) is 7.88. The zero-order chi connectivity index (χ0) is 13.1. The van der Waals surface area contributed by atoms with E-state index in [2.05, 4.69) is 4.72 Å². The van der Waals surface area contributed by atoms with Crippen LogP contribution in [0.15, 0.2) is 29.2 Å². The molecule has 1 aromatic rings. The predicted molar refractivity (Wildman–Crippen MR) is 66.1 cm³/mol. The van der Waals surface area contributed by atoms with Gasteiger partial charge in [-0.1, -0.05) is 19.1 Å². The van der Waals surface area contributed by atoms with Crippen molar-refractivity contribution in [3.05, 3.63) is 30.1 Å². The summed E-state index contributed by atoms with van der Waals surface area (Å²) < 4.78 is 39.6. The second-order valence-electron chi connectivity index (χ2n) is 3.97. The third kappa shape index (κ3) is 3.66. The molecule has 0 amide bonds. The summed E-state index contributed by atoms with van der Waals surface area (Å²) in [7, 11) is -3.83. The molecule has 1 rings (SSSR count). The molecule has 0 radical (unpaired) electrons. The standard InChI is InChI=1S/C11H15ClFNO2S/c1-8(7-12)9(2)14-17(15,16)11-6-4-3-5-10(11)13/h3-6,8-9,14H,7H2,1-2H3. The van der Waals surface area contributed by atoms with Gasteiger partial charge in [0.05, 0.1) is 0 Å². The summed E-state index contributed by atoms with van der Waals surface area (Å²) in [6, 6.07) is 4.92. The average Bonchev–Trinajstić information content (AvgIpc) is 2.27. The number of nitrogens with one attached hydrogen (secondary N) is 1. The smallest absolute Gasteiger partial charge is 0.208 e. The van der Waals surface area contributed by atoms with E-state index in [9.17, 15) is 12.8 Å². The van der Waals surface area contributed by atoms with Crippen molar-refractivity contribution in [2.45, 2.75) is 24.8 Å². The third-order valence-electron chi connectivity index (χ3n) is 2.56. The molecule has 0 fully saturated rings. The van der Waals surface area contributed by atoms with Crippen LogP contribution >= 0.6 is 11.6 Å². The van der Waals surface area contributed by atoms with Crippen molar-refractivity contribution in [2.24, 2.45) is 5.92 Å². The minimum absolute atomic E-state index is 0.0294. The highest BCUT2D eigenvalue weighted by atomic mass is 35.5. The molecule has 2 unspecified atom stereocenters. The summed E-state index contributed by atoms with van der Waals surface area (Å²) in [4.78, 5) is -0.339. The van der Waals surface area contributed by atoms with E-state index < -0.39 is 15.8 Å². The zero-order valence-corrected chi connectivity index (χ0v) is 11.2. The van der Waals surface area contributed by atoms with Gasteiger partial charge in [0.1, 0.15) is 10.7 Å². The SMILES string of the molecule is CC(CCl)C(C)NS(=O)(=O)c1ccccc1F. The first-order valence-corrected chi connectivity index (χ1v) is 7.23. The normalized spacial score (nSPS) is 15.5. The monoisotopic (exact) mass is 279 g/mol. The molecule has 0 aromatic heterocycles. The lowest BCUT2D eigenvalue weighted by atomic mass is 10.1. The van der Waals surface area contributed by atoms with Crippen molar-refractivity contribution in [2.75, 3.05) is 5.88 Å². The Morgan fingerprint density at radius 1 is 1.35 bits per heavy atom. The first-order valence-electron chi connectivity index (χ1n) is 5.21. The molecule has 0 aliphatic rings. The van der Waals surface area contributed by atoms with Gasteiger partial charge in [-0.3, -0.25) is 0 Å². The lowest BCUT2D eigenvalue weighted by molar-refractivity contribution is 0.477. The fourth-order valence-corrected chi connectivity index (χ4v) is 2.92. The van der Waals surface area contributed by atoms with E-state index >= 15 is 0 Å². The number of hydrogen-bond donors (Lipinski definition) is 1. The van der Waals surface area contributed by atoms with E-state index in [1.807, 2.05) is 6.92 Å². The van der Waals surface area contributed by atoms with Gasteiger partial charge in [-0.15, -0.1) is 11.6 Å². The number of hydrogen-bond acceptors (Lipinski definition) is 2. The van der Waals surface area contributed by atoms with Gasteiger partial charge in [0.15, 0.2) is 0 Å². The Balaban J connectivity index is 2.94. The number of rotatable bonds is 5. The van der Waals surface area contributed by atoms with Gasteiger partial charge >= 0.3 is 0 Å². The molecule has 17 heavy (non-hydrogen) atoms. The van der Waals surface area contributed by atoms with Crippen molar-refractivity contribution < 1.29 is 12.8 Å². The Labute approximate surface area is 106 Å². The Morgan fingerprint density at radius 2 is 1.94 bits per heavy atom. The maximum absolute atomic E-state index is 13.4. The largest absolute Gasteiger partial charge is 0.243 e. The van der Waals surface area contributed by atoms with Gasteiger partial charge in [0.2, 0.25) is 10.0 Å². The number of alkyl halides is 1. The van der Waals surface area contributed by atoms with Gasteiger partial charge in [-0.05, 0) is 25.0 Å². The zero-order valence-electron chi connectivity index (χ0n) is 9.65. The molecule has 0 aliphatic heterocycles. The van der Waals surface area contributed by atoms with Crippen LogP contribution in [0.3, 0.4) is 0 Å². The van der Waals surface area contributed by atoms with Crippen LogP contribution < -0.4 is 4.72 Å². The fraction of sp³-hybridized carbons (Fsp3) is 0.455. The second-order valence-corrected chi connectivity index (χ2v) is 5.96. The average molecular weight is 280 g/mol. The van der Waals surface area contributed by atoms with Crippen LogP contribution in [-0.2, 0) is 10.0 Å². The molecular weight excluding hydrogens is 265 g/mol. The van der Waals surface area contributed by atoms with Gasteiger partial charge in [0.25, 0.3) is 0 Å². The van der Waals surface area contributed by atoms with Crippen molar-refractivity contribution in [3.63, 3.8) is 0 Å². The summed E-state index contributed by atoms with van der Waals surface area (Å²) in [5, 5.41) is 0. The van der Waals surface area contributed by atoms with Gasteiger partial charge in [0, 0.05) is 11.9 Å². The summed E-state index contributed by atoms with van der Waals surface area (Å²) in [5.74, 6) is -0.454. The molecule has 0 spiro atoms. The predicted octanol–water partition coefficient (Wildman–Crippen LogP) is 2.37.